The van der Waals surface area contributed by atoms with Gasteiger partial charge >= 0.3 is 5.97 Å². The van der Waals surface area contributed by atoms with Gasteiger partial charge < -0.3 is 14.6 Å². The molecule has 94 valence electrons. The third kappa shape index (κ3) is 3.98. The van der Waals surface area contributed by atoms with E-state index in [0.29, 0.717) is 30.4 Å². The van der Waals surface area contributed by atoms with E-state index in [-0.39, 0.29) is 5.75 Å². The third-order valence-corrected chi connectivity index (χ3v) is 2.04. The number of hydrogen-bond acceptors (Lipinski definition) is 4. The van der Waals surface area contributed by atoms with E-state index in [1.54, 1.807) is 19.1 Å². The molecule has 0 spiro atoms. The van der Waals surface area contributed by atoms with Crippen LogP contribution in [0.1, 0.15) is 31.1 Å². The minimum Gasteiger partial charge on any atom is -0.504 e. The molecule has 0 aromatic heterocycles. The number of hydrogen-bond donors (Lipinski definition) is 1. The topological polar surface area (TPSA) is 55.8 Å². The van der Waals surface area contributed by atoms with Gasteiger partial charge in [-0.05, 0) is 31.0 Å². The molecular weight excluding hydrogens is 220 g/mol. The minimum absolute atomic E-state index is 0.0452. The van der Waals surface area contributed by atoms with E-state index in [1.807, 2.05) is 13.8 Å². The highest BCUT2D eigenvalue weighted by Crippen LogP contribution is 2.27. The summed E-state index contributed by atoms with van der Waals surface area (Å²) in [5.74, 6) is 0.264. The maximum absolute atomic E-state index is 11.4. The van der Waals surface area contributed by atoms with Gasteiger partial charge in [-0.2, -0.15) is 0 Å². The average Bonchev–Trinajstić information content (AvgIpc) is 2.27. The second-order valence-electron chi connectivity index (χ2n) is 4.11. The van der Waals surface area contributed by atoms with Crippen LogP contribution in [0.15, 0.2) is 18.2 Å². The monoisotopic (exact) mass is 238 g/mol. The Balaban J connectivity index is 2.75. The highest BCUT2D eigenvalue weighted by atomic mass is 16.5. The van der Waals surface area contributed by atoms with Crippen LogP contribution in [0.4, 0.5) is 0 Å². The summed E-state index contributed by atoms with van der Waals surface area (Å²) in [6, 6.07) is 4.50. The number of ether oxygens (including phenoxy) is 2. The molecule has 0 atom stereocenters. The van der Waals surface area contributed by atoms with E-state index in [4.69, 9.17) is 9.47 Å². The van der Waals surface area contributed by atoms with Gasteiger partial charge in [-0.1, -0.05) is 13.8 Å². The van der Waals surface area contributed by atoms with Crippen LogP contribution in [0.25, 0.3) is 0 Å². The Bertz CT molecular complexity index is 385. The number of esters is 1. The maximum Gasteiger partial charge on any atom is 0.338 e. The number of phenolic OH excluding ortho intramolecular Hbond substituents is 1. The van der Waals surface area contributed by atoms with Crippen molar-refractivity contribution in [2.24, 2.45) is 5.92 Å². The third-order valence-electron chi connectivity index (χ3n) is 2.04. The molecule has 17 heavy (non-hydrogen) atoms. The first-order valence-corrected chi connectivity index (χ1v) is 5.67. The van der Waals surface area contributed by atoms with E-state index in [9.17, 15) is 9.90 Å². The summed E-state index contributed by atoms with van der Waals surface area (Å²) in [5, 5.41) is 9.69. The van der Waals surface area contributed by atoms with Gasteiger partial charge in [0.1, 0.15) is 0 Å². The quantitative estimate of drug-likeness (QED) is 0.801. The van der Waals surface area contributed by atoms with Crippen LogP contribution in [-0.2, 0) is 4.74 Å². The highest BCUT2D eigenvalue weighted by molar-refractivity contribution is 5.90. The van der Waals surface area contributed by atoms with E-state index in [2.05, 4.69) is 0 Å². The Morgan fingerprint density at radius 3 is 2.65 bits per heavy atom. The van der Waals surface area contributed by atoms with Crippen LogP contribution >= 0.6 is 0 Å². The molecule has 0 heterocycles. The smallest absolute Gasteiger partial charge is 0.338 e. The fourth-order valence-electron chi connectivity index (χ4n) is 1.24. The first kappa shape index (κ1) is 13.4. The highest BCUT2D eigenvalue weighted by Gasteiger charge is 2.10. The van der Waals surface area contributed by atoms with Crippen molar-refractivity contribution in [1.82, 2.24) is 0 Å². The number of aromatic hydroxyl groups is 1. The van der Waals surface area contributed by atoms with E-state index in [1.165, 1.54) is 6.07 Å². The van der Waals surface area contributed by atoms with Gasteiger partial charge in [0.25, 0.3) is 0 Å². The molecule has 0 amide bonds. The van der Waals surface area contributed by atoms with Crippen molar-refractivity contribution in [3.8, 4) is 11.5 Å². The van der Waals surface area contributed by atoms with Crippen LogP contribution < -0.4 is 4.74 Å². The lowest BCUT2D eigenvalue weighted by Gasteiger charge is -2.10. The molecule has 0 saturated heterocycles. The van der Waals surface area contributed by atoms with Crippen molar-refractivity contribution in [3.63, 3.8) is 0 Å². The van der Waals surface area contributed by atoms with E-state index in [0.717, 1.165) is 0 Å². The van der Waals surface area contributed by atoms with Crippen LogP contribution in [0.5, 0.6) is 11.5 Å². The summed E-state index contributed by atoms with van der Waals surface area (Å²) in [5.41, 5.74) is 0.321. The van der Waals surface area contributed by atoms with Gasteiger partial charge in [0.15, 0.2) is 11.5 Å². The number of carbonyl (C=O) groups is 1. The number of phenols is 1. The molecule has 4 nitrogen and oxygen atoms in total. The normalized spacial score (nSPS) is 10.4. The molecule has 0 aliphatic rings. The van der Waals surface area contributed by atoms with Gasteiger partial charge in [-0.15, -0.1) is 0 Å². The standard InChI is InChI=1S/C13H18O4/c1-4-16-13(15)10-5-6-12(11(14)7-10)17-8-9(2)3/h5-7,9,14H,4,8H2,1-3H3. The predicted molar refractivity (Wildman–Crippen MR) is 64.4 cm³/mol. The Labute approximate surface area is 101 Å². The molecule has 0 saturated carbocycles. The zero-order valence-corrected chi connectivity index (χ0v) is 10.4. The zero-order valence-electron chi connectivity index (χ0n) is 10.4. The van der Waals surface area contributed by atoms with Gasteiger partial charge in [0.2, 0.25) is 0 Å². The Kier molecular flexibility index (Phi) is 4.82. The zero-order chi connectivity index (χ0) is 12.8. The van der Waals surface area contributed by atoms with Gasteiger partial charge in [0, 0.05) is 0 Å². The second-order valence-corrected chi connectivity index (χ2v) is 4.11. The fourth-order valence-corrected chi connectivity index (χ4v) is 1.24. The summed E-state index contributed by atoms with van der Waals surface area (Å²) in [6.45, 7) is 6.60. The number of rotatable bonds is 5. The van der Waals surface area contributed by atoms with Crippen molar-refractivity contribution < 1.29 is 19.4 Å². The Morgan fingerprint density at radius 2 is 2.12 bits per heavy atom. The summed E-state index contributed by atoms with van der Waals surface area (Å²) in [6.07, 6.45) is 0. The fraction of sp³-hybridized carbons (Fsp3) is 0.462. The molecule has 0 unspecified atom stereocenters. The molecule has 1 rings (SSSR count). The van der Waals surface area contributed by atoms with Crippen molar-refractivity contribution in [2.75, 3.05) is 13.2 Å². The van der Waals surface area contributed by atoms with Crippen molar-refractivity contribution in [1.29, 1.82) is 0 Å². The van der Waals surface area contributed by atoms with Gasteiger partial charge in [-0.3, -0.25) is 0 Å². The van der Waals surface area contributed by atoms with Crippen molar-refractivity contribution in [3.05, 3.63) is 23.8 Å². The first-order valence-electron chi connectivity index (χ1n) is 5.67. The molecule has 1 aromatic rings. The van der Waals surface area contributed by atoms with E-state index >= 15 is 0 Å². The summed E-state index contributed by atoms with van der Waals surface area (Å²) < 4.78 is 10.2. The van der Waals surface area contributed by atoms with Crippen LogP contribution in [-0.4, -0.2) is 24.3 Å². The molecular formula is C13H18O4. The van der Waals surface area contributed by atoms with Crippen molar-refractivity contribution >= 4 is 5.97 Å². The molecule has 1 N–H and O–H groups in total. The summed E-state index contributed by atoms with van der Waals surface area (Å²) in [4.78, 5) is 11.4. The van der Waals surface area contributed by atoms with E-state index < -0.39 is 5.97 Å². The number of carbonyl (C=O) groups excluding carboxylic acids is 1. The lowest BCUT2D eigenvalue weighted by molar-refractivity contribution is 0.0526. The second kappa shape index (κ2) is 6.13. The molecule has 4 heteroatoms. The Hall–Kier alpha value is -1.71. The molecule has 0 radical (unpaired) electrons. The van der Waals surface area contributed by atoms with Crippen LogP contribution in [0, 0.1) is 5.92 Å². The van der Waals surface area contributed by atoms with Crippen molar-refractivity contribution in [2.45, 2.75) is 20.8 Å². The van der Waals surface area contributed by atoms with Gasteiger partial charge in [-0.25, -0.2) is 4.79 Å². The molecule has 0 bridgehead atoms. The molecule has 1 aromatic carbocycles. The first-order chi connectivity index (χ1) is 8.04. The lowest BCUT2D eigenvalue weighted by atomic mass is 10.2. The minimum atomic E-state index is -0.446. The van der Waals surface area contributed by atoms with Crippen LogP contribution in [0.2, 0.25) is 0 Å². The largest absolute Gasteiger partial charge is 0.504 e. The van der Waals surface area contributed by atoms with Gasteiger partial charge in [0.05, 0.1) is 18.8 Å². The summed E-state index contributed by atoms with van der Waals surface area (Å²) >= 11 is 0. The average molecular weight is 238 g/mol. The Morgan fingerprint density at radius 1 is 1.41 bits per heavy atom. The maximum atomic E-state index is 11.4. The molecule has 0 fully saturated rings. The molecule has 0 aliphatic heterocycles. The summed E-state index contributed by atoms with van der Waals surface area (Å²) in [7, 11) is 0. The molecule has 0 aliphatic carbocycles. The lowest BCUT2D eigenvalue weighted by Crippen LogP contribution is -2.06. The van der Waals surface area contributed by atoms with Crippen LogP contribution in [0.3, 0.4) is 0 Å². The SMILES string of the molecule is CCOC(=O)c1ccc(OCC(C)C)c(O)c1. The predicted octanol–water partition coefficient (Wildman–Crippen LogP) is 2.60. The number of benzene rings is 1.